The molecule has 2 aromatic carbocycles. The smallest absolute Gasteiger partial charge is 0.406 e. The molecule has 182 valence electrons. The molecular weight excluding hydrogens is 462 g/mol. The lowest BCUT2D eigenvalue weighted by molar-refractivity contribution is -0.274. The fourth-order valence-corrected chi connectivity index (χ4v) is 5.35. The molecular formula is C23H27F4NO4S. The summed E-state index contributed by atoms with van der Waals surface area (Å²) in [7, 11) is -4.08. The van der Waals surface area contributed by atoms with Crippen LogP contribution in [0.5, 0.6) is 5.75 Å². The molecule has 2 aromatic rings. The van der Waals surface area contributed by atoms with Crippen LogP contribution in [0.25, 0.3) is 0 Å². The summed E-state index contributed by atoms with van der Waals surface area (Å²) in [6, 6.07) is 8.55. The van der Waals surface area contributed by atoms with Crippen LogP contribution in [0.3, 0.4) is 0 Å². The van der Waals surface area contributed by atoms with Crippen molar-refractivity contribution in [1.29, 1.82) is 0 Å². The molecule has 0 unspecified atom stereocenters. The fourth-order valence-electron chi connectivity index (χ4n) is 3.68. The zero-order valence-electron chi connectivity index (χ0n) is 18.7. The molecule has 0 bridgehead atoms. The van der Waals surface area contributed by atoms with Gasteiger partial charge in [-0.25, -0.2) is 12.8 Å². The van der Waals surface area contributed by atoms with Crippen molar-refractivity contribution in [1.82, 2.24) is 4.31 Å². The molecule has 0 atom stereocenters. The summed E-state index contributed by atoms with van der Waals surface area (Å²) in [5, 5.41) is 0. The standard InChI is InChI=1S/C23H27F4NO4S/c1-22(2,3)17-4-7-20(8-5-17)33(29,30)28(18-10-12-31-13-11-18)15-16-14-19(6-9-21(16)24)32-23(25,26)27/h4-9,14,18H,10-13,15H2,1-3H3. The molecule has 33 heavy (non-hydrogen) atoms. The van der Waals surface area contributed by atoms with Crippen LogP contribution in [0.15, 0.2) is 47.4 Å². The van der Waals surface area contributed by atoms with Crippen molar-refractivity contribution in [2.75, 3.05) is 13.2 Å². The molecule has 0 aliphatic carbocycles. The van der Waals surface area contributed by atoms with Crippen molar-refractivity contribution in [3.8, 4) is 5.75 Å². The molecule has 1 aliphatic rings. The predicted molar refractivity (Wildman–Crippen MR) is 115 cm³/mol. The number of rotatable bonds is 6. The number of nitrogens with zero attached hydrogens (tertiary/aromatic N) is 1. The molecule has 0 aromatic heterocycles. The van der Waals surface area contributed by atoms with Gasteiger partial charge in [0, 0.05) is 31.4 Å². The summed E-state index contributed by atoms with van der Waals surface area (Å²) in [4.78, 5) is 0.0325. The van der Waals surface area contributed by atoms with Crippen molar-refractivity contribution < 1.29 is 35.5 Å². The van der Waals surface area contributed by atoms with Gasteiger partial charge in [-0.05, 0) is 54.2 Å². The number of benzene rings is 2. The Hall–Kier alpha value is -2.17. The van der Waals surface area contributed by atoms with Crippen molar-refractivity contribution in [2.24, 2.45) is 0 Å². The monoisotopic (exact) mass is 489 g/mol. The van der Waals surface area contributed by atoms with Crippen molar-refractivity contribution >= 4 is 10.0 Å². The van der Waals surface area contributed by atoms with Gasteiger partial charge in [-0.2, -0.15) is 4.31 Å². The Morgan fingerprint density at radius 3 is 2.18 bits per heavy atom. The van der Waals surface area contributed by atoms with Crippen LogP contribution < -0.4 is 4.74 Å². The average molecular weight is 490 g/mol. The van der Waals surface area contributed by atoms with Gasteiger partial charge in [-0.1, -0.05) is 32.9 Å². The number of hydrogen-bond donors (Lipinski definition) is 0. The van der Waals surface area contributed by atoms with Gasteiger partial charge >= 0.3 is 6.36 Å². The molecule has 1 saturated heterocycles. The predicted octanol–water partition coefficient (Wildman–Crippen LogP) is 5.39. The lowest BCUT2D eigenvalue weighted by Crippen LogP contribution is -2.43. The second kappa shape index (κ2) is 9.60. The van der Waals surface area contributed by atoms with Crippen molar-refractivity contribution in [3.63, 3.8) is 0 Å². The van der Waals surface area contributed by atoms with E-state index in [0.717, 1.165) is 28.1 Å². The molecule has 0 spiro atoms. The lowest BCUT2D eigenvalue weighted by atomic mass is 9.87. The third-order valence-corrected chi connectivity index (χ3v) is 7.41. The van der Waals surface area contributed by atoms with Gasteiger partial charge < -0.3 is 9.47 Å². The summed E-state index contributed by atoms with van der Waals surface area (Å²) in [6.07, 6.45) is -4.17. The highest BCUT2D eigenvalue weighted by atomic mass is 32.2. The Morgan fingerprint density at radius 1 is 1.03 bits per heavy atom. The first-order chi connectivity index (χ1) is 15.3. The van der Waals surface area contributed by atoms with Crippen LogP contribution >= 0.6 is 0 Å². The van der Waals surface area contributed by atoms with E-state index < -0.39 is 40.5 Å². The number of hydrogen-bond acceptors (Lipinski definition) is 4. The van der Waals surface area contributed by atoms with E-state index in [-0.39, 0.29) is 15.9 Å². The fraction of sp³-hybridized carbons (Fsp3) is 0.478. The van der Waals surface area contributed by atoms with Crippen LogP contribution in [-0.2, 0) is 26.7 Å². The topological polar surface area (TPSA) is 55.8 Å². The van der Waals surface area contributed by atoms with E-state index in [4.69, 9.17) is 4.74 Å². The Morgan fingerprint density at radius 2 is 1.64 bits per heavy atom. The number of ether oxygens (including phenoxy) is 2. The molecule has 0 radical (unpaired) electrons. The normalized spacial score (nSPS) is 16.2. The van der Waals surface area contributed by atoms with Gasteiger partial charge in [-0.3, -0.25) is 0 Å². The number of alkyl halides is 3. The Kier molecular flexibility index (Phi) is 7.40. The first-order valence-corrected chi connectivity index (χ1v) is 12.0. The van der Waals surface area contributed by atoms with Crippen LogP contribution in [0, 0.1) is 5.82 Å². The first kappa shape index (κ1) is 25.5. The van der Waals surface area contributed by atoms with E-state index in [1.165, 1.54) is 12.1 Å². The second-order valence-electron chi connectivity index (χ2n) is 8.97. The van der Waals surface area contributed by atoms with Crippen molar-refractivity contribution in [2.45, 2.75) is 62.9 Å². The van der Waals surface area contributed by atoms with Crippen LogP contribution in [0.2, 0.25) is 0 Å². The van der Waals surface area contributed by atoms with E-state index in [0.29, 0.717) is 26.1 Å². The number of halogens is 4. The molecule has 0 saturated carbocycles. The van der Waals surface area contributed by atoms with Crippen LogP contribution in [-0.4, -0.2) is 38.3 Å². The minimum absolute atomic E-state index is 0.0325. The first-order valence-electron chi connectivity index (χ1n) is 10.5. The summed E-state index contributed by atoms with van der Waals surface area (Å²) < 4.78 is 89.9. The van der Waals surface area contributed by atoms with Gasteiger partial charge in [0.2, 0.25) is 10.0 Å². The van der Waals surface area contributed by atoms with E-state index in [1.807, 2.05) is 20.8 Å². The zero-order valence-corrected chi connectivity index (χ0v) is 19.5. The Bertz CT molecular complexity index is 1060. The third kappa shape index (κ3) is 6.45. The summed E-state index contributed by atoms with van der Waals surface area (Å²) >= 11 is 0. The average Bonchev–Trinajstić information content (AvgIpc) is 2.73. The van der Waals surface area contributed by atoms with Gasteiger partial charge in [0.25, 0.3) is 0 Å². The largest absolute Gasteiger partial charge is 0.573 e. The molecule has 1 fully saturated rings. The van der Waals surface area contributed by atoms with Gasteiger partial charge in [0.1, 0.15) is 11.6 Å². The third-order valence-electron chi connectivity index (χ3n) is 5.50. The minimum atomic E-state index is -4.95. The molecule has 0 amide bonds. The van der Waals surface area contributed by atoms with Crippen molar-refractivity contribution in [3.05, 3.63) is 59.4 Å². The highest BCUT2D eigenvalue weighted by molar-refractivity contribution is 7.89. The van der Waals surface area contributed by atoms with Gasteiger partial charge in [0.15, 0.2) is 0 Å². The molecule has 1 heterocycles. The quantitative estimate of drug-likeness (QED) is 0.511. The summed E-state index contributed by atoms with van der Waals surface area (Å²) in [6.45, 7) is 6.24. The summed E-state index contributed by atoms with van der Waals surface area (Å²) in [5.41, 5.74) is 0.560. The maximum Gasteiger partial charge on any atom is 0.573 e. The molecule has 3 rings (SSSR count). The summed E-state index contributed by atoms with van der Waals surface area (Å²) in [5.74, 6) is -1.43. The van der Waals surface area contributed by atoms with E-state index in [9.17, 15) is 26.0 Å². The van der Waals surface area contributed by atoms with E-state index in [2.05, 4.69) is 4.74 Å². The zero-order chi connectivity index (χ0) is 24.4. The molecule has 1 aliphatic heterocycles. The SMILES string of the molecule is CC(C)(C)c1ccc(S(=O)(=O)N(Cc2cc(OC(F)(F)F)ccc2F)C2CCOCC2)cc1. The molecule has 5 nitrogen and oxygen atoms in total. The minimum Gasteiger partial charge on any atom is -0.406 e. The number of sulfonamides is 1. The van der Waals surface area contributed by atoms with Gasteiger partial charge in [-0.15, -0.1) is 13.2 Å². The van der Waals surface area contributed by atoms with Gasteiger partial charge in [0.05, 0.1) is 4.90 Å². The highest BCUT2D eigenvalue weighted by Gasteiger charge is 2.35. The molecule has 0 N–H and O–H groups in total. The maximum atomic E-state index is 14.5. The maximum absolute atomic E-state index is 14.5. The highest BCUT2D eigenvalue weighted by Crippen LogP contribution is 2.31. The molecule has 10 heteroatoms. The van der Waals surface area contributed by atoms with E-state index >= 15 is 0 Å². The second-order valence-corrected chi connectivity index (χ2v) is 10.9. The van der Waals surface area contributed by atoms with Crippen LogP contribution in [0.4, 0.5) is 17.6 Å². The van der Waals surface area contributed by atoms with E-state index in [1.54, 1.807) is 12.1 Å². The lowest BCUT2D eigenvalue weighted by Gasteiger charge is -2.33. The Balaban J connectivity index is 1.98. The Labute approximate surface area is 191 Å². The van der Waals surface area contributed by atoms with Crippen LogP contribution in [0.1, 0.15) is 44.7 Å².